The average Bonchev–Trinajstić information content (AvgIpc) is 3.91. The second kappa shape index (κ2) is 11.6. The van der Waals surface area contributed by atoms with Gasteiger partial charge in [0.15, 0.2) is 0 Å². The van der Waals surface area contributed by atoms with Gasteiger partial charge in [0.2, 0.25) is 0 Å². The van der Waals surface area contributed by atoms with Crippen molar-refractivity contribution in [2.24, 2.45) is 0 Å². The van der Waals surface area contributed by atoms with Crippen molar-refractivity contribution in [1.82, 2.24) is 23.8 Å². The van der Waals surface area contributed by atoms with E-state index in [1.165, 1.54) is 5.56 Å². The van der Waals surface area contributed by atoms with E-state index in [-0.39, 0.29) is 0 Å². The van der Waals surface area contributed by atoms with Gasteiger partial charge in [0.25, 0.3) is 0 Å². The molecule has 5 heterocycles. The molecule has 6 aromatic carbocycles. The highest BCUT2D eigenvalue weighted by Crippen LogP contribution is 2.41. The zero-order valence-corrected chi connectivity index (χ0v) is 28.4. The molecule has 0 N–H and O–H groups in total. The molecule has 6 nitrogen and oxygen atoms in total. The molecule has 0 atom stereocenters. The second-order valence-electron chi connectivity index (χ2n) is 13.3. The van der Waals surface area contributed by atoms with E-state index in [0.717, 1.165) is 94.2 Å². The van der Waals surface area contributed by atoms with Crippen LogP contribution in [0.2, 0.25) is 0 Å². The Hall–Kier alpha value is -7.31. The van der Waals surface area contributed by atoms with Gasteiger partial charge in [-0.2, -0.15) is 0 Å². The van der Waals surface area contributed by atoms with Gasteiger partial charge in [-0.15, -0.1) is 0 Å². The highest BCUT2D eigenvalue weighted by atomic mass is 16.5. The van der Waals surface area contributed by atoms with Crippen molar-refractivity contribution in [2.45, 2.75) is 0 Å². The Morgan fingerprint density at radius 2 is 1.13 bits per heavy atom. The zero-order chi connectivity index (χ0) is 34.9. The second-order valence-corrected chi connectivity index (χ2v) is 13.3. The largest absolute Gasteiger partial charge is 0.457 e. The molecule has 0 aliphatic carbocycles. The monoisotopic (exact) mass is 679 g/mol. The van der Waals surface area contributed by atoms with Gasteiger partial charge in [0.1, 0.15) is 22.8 Å². The number of fused-ring (bicyclic) bond motifs is 12. The molecule has 0 aliphatic rings. The van der Waals surface area contributed by atoms with E-state index < -0.39 is 0 Å². The minimum Gasteiger partial charge on any atom is -0.457 e. The summed E-state index contributed by atoms with van der Waals surface area (Å²) in [4.78, 5) is 14.6. The van der Waals surface area contributed by atoms with Gasteiger partial charge >= 0.3 is 0 Å². The van der Waals surface area contributed by atoms with Crippen LogP contribution in [0.15, 0.2) is 176 Å². The maximum absolute atomic E-state index is 6.68. The summed E-state index contributed by atoms with van der Waals surface area (Å²) >= 11 is 0. The number of ether oxygens (including phenoxy) is 1. The fourth-order valence-corrected chi connectivity index (χ4v) is 7.92. The lowest BCUT2D eigenvalue weighted by Gasteiger charge is -2.16. The van der Waals surface area contributed by atoms with Crippen LogP contribution in [0.25, 0.3) is 88.3 Å². The predicted molar refractivity (Wildman–Crippen MR) is 215 cm³/mol. The van der Waals surface area contributed by atoms with Crippen molar-refractivity contribution in [3.05, 3.63) is 176 Å². The smallest absolute Gasteiger partial charge is 0.145 e. The van der Waals surface area contributed by atoms with Crippen molar-refractivity contribution in [3.8, 4) is 45.0 Å². The first-order valence-electron chi connectivity index (χ1n) is 17.7. The minimum atomic E-state index is 0.719. The number of hydrogen-bond acceptors (Lipinski definition) is 4. The number of hydrogen-bond donors (Lipinski definition) is 0. The van der Waals surface area contributed by atoms with Crippen LogP contribution in [0.4, 0.5) is 0 Å². The summed E-state index contributed by atoms with van der Waals surface area (Å²) < 4.78 is 11.1. The summed E-state index contributed by atoms with van der Waals surface area (Å²) in [6.07, 6.45) is 7.72. The number of nitrogens with zero attached hydrogens (tertiary/aromatic N) is 5. The number of aromatic nitrogens is 5. The van der Waals surface area contributed by atoms with Crippen LogP contribution in [-0.2, 0) is 0 Å². The molecule has 0 radical (unpaired) electrons. The number of benzene rings is 6. The van der Waals surface area contributed by atoms with E-state index in [2.05, 4.69) is 148 Å². The third-order valence-corrected chi connectivity index (χ3v) is 10.3. The Morgan fingerprint density at radius 1 is 0.453 bits per heavy atom. The first kappa shape index (κ1) is 29.4. The Bertz CT molecular complexity index is 3190. The third-order valence-electron chi connectivity index (χ3n) is 10.3. The normalized spacial score (nSPS) is 11.8. The molecule has 0 bridgehead atoms. The van der Waals surface area contributed by atoms with Crippen LogP contribution in [0.3, 0.4) is 0 Å². The van der Waals surface area contributed by atoms with Gasteiger partial charge in [0.05, 0.1) is 28.4 Å². The molecule has 11 aromatic rings. The molecule has 5 aromatic heterocycles. The van der Waals surface area contributed by atoms with Crippen LogP contribution in [0, 0.1) is 0 Å². The van der Waals surface area contributed by atoms with Crippen molar-refractivity contribution >= 4 is 54.8 Å². The number of pyridine rings is 3. The van der Waals surface area contributed by atoms with Crippen molar-refractivity contribution < 1.29 is 4.74 Å². The molecule has 0 fully saturated rings. The van der Waals surface area contributed by atoms with E-state index in [0.29, 0.717) is 0 Å². The van der Waals surface area contributed by atoms with Gasteiger partial charge in [0, 0.05) is 51.3 Å². The van der Waals surface area contributed by atoms with Gasteiger partial charge in [-0.05, 0) is 82.7 Å². The van der Waals surface area contributed by atoms with Crippen LogP contribution >= 0.6 is 0 Å². The van der Waals surface area contributed by atoms with Crippen LogP contribution in [0.1, 0.15) is 0 Å². The Morgan fingerprint density at radius 3 is 1.89 bits per heavy atom. The van der Waals surface area contributed by atoms with E-state index in [9.17, 15) is 0 Å². The lowest BCUT2D eigenvalue weighted by Crippen LogP contribution is -1.96. The SMILES string of the molecule is c1ccc(-c2cc(-c3ccccc3)c3c(c2)c2ccc(Oc4ccc5c(c4)c4ncc(-c6ccccc6)n4c4cccnc54)cc2c2nccn23)cc1. The fourth-order valence-electron chi connectivity index (χ4n) is 7.92. The first-order chi connectivity index (χ1) is 26.3. The summed E-state index contributed by atoms with van der Waals surface area (Å²) in [6, 6.07) is 52.7. The van der Waals surface area contributed by atoms with Crippen LogP contribution in [-0.4, -0.2) is 23.8 Å². The van der Waals surface area contributed by atoms with E-state index in [4.69, 9.17) is 19.7 Å². The average molecular weight is 680 g/mol. The quantitative estimate of drug-likeness (QED) is 0.170. The summed E-state index contributed by atoms with van der Waals surface area (Å²) in [5.74, 6) is 1.45. The third kappa shape index (κ3) is 4.63. The minimum absolute atomic E-state index is 0.719. The lowest BCUT2D eigenvalue weighted by molar-refractivity contribution is 0.484. The highest BCUT2D eigenvalue weighted by Gasteiger charge is 2.19. The van der Waals surface area contributed by atoms with E-state index >= 15 is 0 Å². The van der Waals surface area contributed by atoms with Gasteiger partial charge < -0.3 is 4.74 Å². The summed E-state index contributed by atoms with van der Waals surface area (Å²) in [5, 5.41) is 5.28. The lowest BCUT2D eigenvalue weighted by atomic mass is 9.93. The molecule has 0 saturated heterocycles. The number of imidazole rings is 2. The molecule has 0 saturated carbocycles. The van der Waals surface area contributed by atoms with Crippen molar-refractivity contribution in [3.63, 3.8) is 0 Å². The van der Waals surface area contributed by atoms with Gasteiger partial charge in [-0.3, -0.25) is 13.8 Å². The van der Waals surface area contributed by atoms with Crippen molar-refractivity contribution in [2.75, 3.05) is 0 Å². The maximum Gasteiger partial charge on any atom is 0.145 e. The fraction of sp³-hybridized carbons (Fsp3) is 0. The molecule has 248 valence electrons. The standard InChI is InChI=1S/C47H29N5O/c1-4-11-30(12-5-1)33-25-38(31-13-6-2-7-14-31)45-39(26-33)36-20-18-34(27-40(36)46-49-23-24-51(45)46)53-35-19-21-37-41(28-35)47-50-29-43(32-15-8-3-9-16-32)52(47)42-17-10-22-48-44(37)42/h1-29H. The van der Waals surface area contributed by atoms with Gasteiger partial charge in [-0.1, -0.05) is 91.0 Å². The van der Waals surface area contributed by atoms with Gasteiger partial charge in [-0.25, -0.2) is 9.97 Å². The summed E-state index contributed by atoms with van der Waals surface area (Å²) in [7, 11) is 0. The Labute approximate surface area is 303 Å². The number of rotatable bonds is 5. The summed E-state index contributed by atoms with van der Waals surface area (Å²) in [6.45, 7) is 0. The molecule has 11 rings (SSSR count). The van der Waals surface area contributed by atoms with Crippen LogP contribution < -0.4 is 4.74 Å². The highest BCUT2D eigenvalue weighted by molar-refractivity contribution is 6.16. The van der Waals surface area contributed by atoms with E-state index in [1.807, 2.05) is 36.8 Å². The molecule has 0 spiro atoms. The Balaban J connectivity index is 1.09. The summed E-state index contributed by atoms with van der Waals surface area (Å²) in [5.41, 5.74) is 11.6. The van der Waals surface area contributed by atoms with E-state index in [1.54, 1.807) is 0 Å². The predicted octanol–water partition coefficient (Wildman–Crippen LogP) is 11.8. The zero-order valence-electron chi connectivity index (χ0n) is 28.4. The van der Waals surface area contributed by atoms with Crippen molar-refractivity contribution in [1.29, 1.82) is 0 Å². The molecule has 0 unspecified atom stereocenters. The Kier molecular flexibility index (Phi) is 6.45. The molecule has 53 heavy (non-hydrogen) atoms. The maximum atomic E-state index is 6.68. The van der Waals surface area contributed by atoms with Crippen LogP contribution in [0.5, 0.6) is 11.5 Å². The molecular weight excluding hydrogens is 651 g/mol. The molecular formula is C47H29N5O. The molecule has 6 heteroatoms. The molecule has 0 amide bonds. The first-order valence-corrected chi connectivity index (χ1v) is 17.7. The topological polar surface area (TPSA) is 56.7 Å². The molecule has 0 aliphatic heterocycles.